The van der Waals surface area contributed by atoms with Crippen molar-refractivity contribution in [2.24, 2.45) is 5.92 Å². The van der Waals surface area contributed by atoms with E-state index in [1.54, 1.807) is 0 Å². The van der Waals surface area contributed by atoms with Crippen molar-refractivity contribution in [1.29, 1.82) is 0 Å². The van der Waals surface area contributed by atoms with Crippen LogP contribution in [0.2, 0.25) is 0 Å². The zero-order chi connectivity index (χ0) is 10.3. The van der Waals surface area contributed by atoms with Crippen molar-refractivity contribution in [3.8, 4) is 0 Å². The number of nitrogens with one attached hydrogen (secondary N) is 1. The molecule has 0 saturated carbocycles. The third-order valence-electron chi connectivity index (χ3n) is 3.48. The molecule has 0 aromatic carbocycles. The van der Waals surface area contributed by atoms with Crippen LogP contribution < -0.4 is 10.2 Å². The van der Waals surface area contributed by atoms with Crippen LogP contribution in [0.25, 0.3) is 0 Å². The van der Waals surface area contributed by atoms with E-state index in [1.165, 1.54) is 13.0 Å². The highest BCUT2D eigenvalue weighted by Crippen LogP contribution is 2.30. The normalized spacial score (nSPS) is 29.5. The van der Waals surface area contributed by atoms with Crippen LogP contribution in [0.15, 0.2) is 12.4 Å². The van der Waals surface area contributed by atoms with Gasteiger partial charge in [-0.05, 0) is 19.3 Å². The first-order valence-corrected chi connectivity index (χ1v) is 5.60. The number of rotatable bonds is 1. The summed E-state index contributed by atoms with van der Waals surface area (Å²) in [5.74, 6) is 1.86. The minimum absolute atomic E-state index is 0.640. The Hall–Kier alpha value is -1.16. The van der Waals surface area contributed by atoms with Gasteiger partial charge in [0.15, 0.2) is 0 Å². The Morgan fingerprint density at radius 3 is 3.20 bits per heavy atom. The average Bonchev–Trinajstić information content (AvgIpc) is 2.77. The Kier molecular flexibility index (Phi) is 2.09. The van der Waals surface area contributed by atoms with E-state index in [4.69, 9.17) is 0 Å². The number of hydrogen-bond donors (Lipinski definition) is 1. The van der Waals surface area contributed by atoms with Crippen LogP contribution >= 0.6 is 0 Å². The van der Waals surface area contributed by atoms with Gasteiger partial charge in [-0.25, -0.2) is 4.98 Å². The molecule has 1 aromatic heterocycles. The van der Waals surface area contributed by atoms with Crippen molar-refractivity contribution in [2.75, 3.05) is 24.5 Å². The van der Waals surface area contributed by atoms with E-state index < -0.39 is 0 Å². The van der Waals surface area contributed by atoms with Gasteiger partial charge in [0, 0.05) is 31.9 Å². The fourth-order valence-corrected chi connectivity index (χ4v) is 2.72. The topological polar surface area (TPSA) is 41.1 Å². The summed E-state index contributed by atoms with van der Waals surface area (Å²) in [5.41, 5.74) is 1.00. The third kappa shape index (κ3) is 1.49. The van der Waals surface area contributed by atoms with E-state index in [0.717, 1.165) is 30.5 Å². The molecule has 2 saturated heterocycles. The molecule has 2 unspecified atom stereocenters. The molecular weight excluding hydrogens is 188 g/mol. The number of hydrogen-bond acceptors (Lipinski definition) is 4. The van der Waals surface area contributed by atoms with E-state index in [1.807, 2.05) is 19.3 Å². The number of aryl methyl sites for hydroxylation is 1. The first-order chi connectivity index (χ1) is 7.34. The highest BCUT2D eigenvalue weighted by atomic mass is 15.3. The predicted molar refractivity (Wildman–Crippen MR) is 58.9 cm³/mol. The van der Waals surface area contributed by atoms with Crippen molar-refractivity contribution in [3.63, 3.8) is 0 Å². The van der Waals surface area contributed by atoms with E-state index in [0.29, 0.717) is 6.04 Å². The van der Waals surface area contributed by atoms with Gasteiger partial charge in [-0.15, -0.1) is 0 Å². The molecule has 1 aromatic rings. The fourth-order valence-electron chi connectivity index (χ4n) is 2.72. The zero-order valence-electron chi connectivity index (χ0n) is 8.98. The Morgan fingerprint density at radius 2 is 2.33 bits per heavy atom. The summed E-state index contributed by atoms with van der Waals surface area (Å²) in [4.78, 5) is 11.2. The summed E-state index contributed by atoms with van der Waals surface area (Å²) in [6.45, 7) is 5.40. The molecule has 0 spiro atoms. The molecule has 2 fully saturated rings. The molecule has 80 valence electrons. The van der Waals surface area contributed by atoms with E-state index in [9.17, 15) is 0 Å². The van der Waals surface area contributed by atoms with Gasteiger partial charge in [0.25, 0.3) is 0 Å². The summed E-state index contributed by atoms with van der Waals surface area (Å²) in [5, 5.41) is 3.45. The maximum Gasteiger partial charge on any atom is 0.147 e. The second kappa shape index (κ2) is 3.45. The summed E-state index contributed by atoms with van der Waals surface area (Å²) in [7, 11) is 0. The molecule has 2 aliphatic rings. The van der Waals surface area contributed by atoms with Crippen molar-refractivity contribution < 1.29 is 0 Å². The molecule has 0 amide bonds. The standard InChI is InChI=1S/C11H16N4/c1-8-4-12-7-11(14-8)15-3-2-9-5-13-6-10(9)15/h4,7,9-10,13H,2-3,5-6H2,1H3. The molecule has 1 N–H and O–H groups in total. The van der Waals surface area contributed by atoms with Gasteiger partial charge in [-0.2, -0.15) is 0 Å². The summed E-state index contributed by atoms with van der Waals surface area (Å²) in [6.07, 6.45) is 4.98. The smallest absolute Gasteiger partial charge is 0.147 e. The molecule has 0 aliphatic carbocycles. The number of anilines is 1. The van der Waals surface area contributed by atoms with Crippen molar-refractivity contribution >= 4 is 5.82 Å². The van der Waals surface area contributed by atoms with Crippen LogP contribution in [0.3, 0.4) is 0 Å². The fraction of sp³-hybridized carbons (Fsp3) is 0.636. The van der Waals surface area contributed by atoms with Crippen LogP contribution in [-0.4, -0.2) is 35.6 Å². The number of aromatic nitrogens is 2. The minimum atomic E-state index is 0.640. The molecule has 2 aliphatic heterocycles. The van der Waals surface area contributed by atoms with Crippen molar-refractivity contribution in [1.82, 2.24) is 15.3 Å². The van der Waals surface area contributed by atoms with Crippen molar-refractivity contribution in [2.45, 2.75) is 19.4 Å². The maximum atomic E-state index is 4.55. The molecule has 3 rings (SSSR count). The summed E-state index contributed by atoms with van der Waals surface area (Å²) < 4.78 is 0. The van der Waals surface area contributed by atoms with Crippen LogP contribution in [0, 0.1) is 12.8 Å². The van der Waals surface area contributed by atoms with Gasteiger partial charge < -0.3 is 10.2 Å². The third-order valence-corrected chi connectivity index (χ3v) is 3.48. The lowest BCUT2D eigenvalue weighted by Gasteiger charge is -2.24. The first kappa shape index (κ1) is 9.09. The van der Waals surface area contributed by atoms with Crippen LogP contribution in [-0.2, 0) is 0 Å². The Labute approximate surface area is 89.7 Å². The number of nitrogens with zero attached hydrogens (tertiary/aromatic N) is 3. The second-order valence-corrected chi connectivity index (χ2v) is 4.49. The average molecular weight is 204 g/mol. The number of fused-ring (bicyclic) bond motifs is 1. The summed E-state index contributed by atoms with van der Waals surface area (Å²) in [6, 6.07) is 0.640. The van der Waals surface area contributed by atoms with Gasteiger partial charge in [0.2, 0.25) is 0 Å². The van der Waals surface area contributed by atoms with Gasteiger partial charge in [0.05, 0.1) is 11.9 Å². The Bertz CT molecular complexity index is 365. The molecule has 3 heterocycles. The monoisotopic (exact) mass is 204 g/mol. The Morgan fingerprint density at radius 1 is 1.40 bits per heavy atom. The summed E-state index contributed by atoms with van der Waals surface area (Å²) >= 11 is 0. The van der Waals surface area contributed by atoms with E-state index >= 15 is 0 Å². The molecule has 2 atom stereocenters. The molecule has 4 heteroatoms. The highest BCUT2D eigenvalue weighted by Gasteiger charge is 2.38. The van der Waals surface area contributed by atoms with Crippen LogP contribution in [0.5, 0.6) is 0 Å². The lowest BCUT2D eigenvalue weighted by molar-refractivity contribution is 0.577. The van der Waals surface area contributed by atoms with Gasteiger partial charge in [-0.3, -0.25) is 4.98 Å². The maximum absolute atomic E-state index is 4.55. The van der Waals surface area contributed by atoms with Gasteiger partial charge >= 0.3 is 0 Å². The van der Waals surface area contributed by atoms with E-state index in [-0.39, 0.29) is 0 Å². The first-order valence-electron chi connectivity index (χ1n) is 5.60. The predicted octanol–water partition coefficient (Wildman–Crippen LogP) is 0.583. The van der Waals surface area contributed by atoms with E-state index in [2.05, 4.69) is 20.2 Å². The van der Waals surface area contributed by atoms with Crippen LogP contribution in [0.1, 0.15) is 12.1 Å². The lowest BCUT2D eigenvalue weighted by atomic mass is 10.1. The highest BCUT2D eigenvalue weighted by molar-refractivity contribution is 5.40. The molecule has 15 heavy (non-hydrogen) atoms. The minimum Gasteiger partial charge on any atom is -0.351 e. The Balaban J connectivity index is 1.88. The molecular formula is C11H16N4. The molecule has 4 nitrogen and oxygen atoms in total. The lowest BCUT2D eigenvalue weighted by Crippen LogP contribution is -2.34. The SMILES string of the molecule is Cc1cncc(N2CCC3CNCC32)n1. The van der Waals surface area contributed by atoms with Gasteiger partial charge in [-0.1, -0.05) is 0 Å². The van der Waals surface area contributed by atoms with Crippen molar-refractivity contribution in [3.05, 3.63) is 18.1 Å². The largest absolute Gasteiger partial charge is 0.351 e. The quantitative estimate of drug-likeness (QED) is 0.726. The molecule has 0 radical (unpaired) electrons. The van der Waals surface area contributed by atoms with Gasteiger partial charge in [0.1, 0.15) is 5.82 Å². The van der Waals surface area contributed by atoms with Crippen LogP contribution in [0.4, 0.5) is 5.82 Å². The second-order valence-electron chi connectivity index (χ2n) is 4.49. The molecule has 0 bridgehead atoms. The zero-order valence-corrected chi connectivity index (χ0v) is 8.98.